The highest BCUT2D eigenvalue weighted by Crippen LogP contribution is 2.33. The van der Waals surface area contributed by atoms with Crippen LogP contribution in [-0.4, -0.2) is 23.2 Å². The Hall–Kier alpha value is -0.440. The fourth-order valence-corrected chi connectivity index (χ4v) is 3.80. The zero-order valence-corrected chi connectivity index (χ0v) is 14.4. The molecule has 0 radical (unpaired) electrons. The number of hydrogen-bond acceptors (Lipinski definition) is 5. The minimum absolute atomic E-state index is 0.237. The summed E-state index contributed by atoms with van der Waals surface area (Å²) < 4.78 is 25.6. The van der Waals surface area contributed by atoms with E-state index in [0.29, 0.717) is 5.82 Å². The smallest absolute Gasteiger partial charge is 0.291 e. The molecule has 0 aliphatic heterocycles. The summed E-state index contributed by atoms with van der Waals surface area (Å²) >= 11 is 4.86. The first-order valence-corrected chi connectivity index (χ1v) is 9.24. The van der Waals surface area contributed by atoms with E-state index < -0.39 is 14.6 Å². The van der Waals surface area contributed by atoms with Crippen molar-refractivity contribution in [2.45, 2.75) is 31.5 Å². The van der Waals surface area contributed by atoms with Crippen LogP contribution in [0.15, 0.2) is 20.4 Å². The fourth-order valence-electron chi connectivity index (χ4n) is 1.65. The number of rotatable bonds is 2. The van der Waals surface area contributed by atoms with Gasteiger partial charge in [0.15, 0.2) is 5.82 Å². The summed E-state index contributed by atoms with van der Waals surface area (Å²) in [5.41, 5.74) is 0.288. The second-order valence-electron chi connectivity index (χ2n) is 4.89. The third kappa shape index (κ3) is 3.01. The zero-order valence-electron chi connectivity index (χ0n) is 10.4. The summed E-state index contributed by atoms with van der Waals surface area (Å²) in [5, 5.41) is 9.33. The lowest BCUT2D eigenvalue weighted by atomic mass is 10.1. The molecule has 2 aromatic rings. The summed E-state index contributed by atoms with van der Waals surface area (Å²) in [4.78, 5) is 0. The molecule has 19 heavy (non-hydrogen) atoms. The van der Waals surface area contributed by atoms with Gasteiger partial charge in [0.1, 0.15) is 0 Å². The van der Waals surface area contributed by atoms with Gasteiger partial charge in [0.05, 0.1) is 3.79 Å². The van der Waals surface area contributed by atoms with E-state index in [-0.39, 0.29) is 5.16 Å². The maximum atomic E-state index is 11.6. The van der Waals surface area contributed by atoms with Gasteiger partial charge in [0.2, 0.25) is 0 Å². The average Bonchev–Trinajstić information content (AvgIpc) is 2.79. The Morgan fingerprint density at radius 1 is 1.37 bits per heavy atom. The molecule has 0 spiro atoms. The molecule has 0 fully saturated rings. The minimum atomic E-state index is -3.94. The number of thiophene rings is 1. The Labute approximate surface area is 128 Å². The van der Waals surface area contributed by atoms with Crippen molar-refractivity contribution in [3.63, 3.8) is 0 Å². The lowest BCUT2D eigenvalue weighted by Crippen LogP contribution is -2.25. The van der Waals surface area contributed by atoms with Gasteiger partial charge in [-0.05, 0) is 42.8 Å². The molecule has 0 atom stereocenters. The van der Waals surface area contributed by atoms with Crippen LogP contribution in [0.5, 0.6) is 0 Å². The monoisotopic (exact) mass is 383 g/mol. The molecule has 2 rings (SSSR count). The van der Waals surface area contributed by atoms with Crippen molar-refractivity contribution in [2.24, 2.45) is 0 Å². The molecule has 0 saturated heterocycles. The molecule has 0 bridgehead atoms. The van der Waals surface area contributed by atoms with Gasteiger partial charge < -0.3 is 0 Å². The molecule has 0 unspecified atom stereocenters. The van der Waals surface area contributed by atoms with Crippen molar-refractivity contribution >= 4 is 47.0 Å². The van der Waals surface area contributed by atoms with Crippen LogP contribution in [0, 0.1) is 0 Å². The van der Waals surface area contributed by atoms with E-state index in [1.807, 2.05) is 32.2 Å². The molecule has 0 N–H and O–H groups in total. The zero-order chi connectivity index (χ0) is 14.4. The Morgan fingerprint density at radius 3 is 2.42 bits per heavy atom. The van der Waals surface area contributed by atoms with Crippen molar-refractivity contribution in [1.29, 1.82) is 0 Å². The lowest BCUT2D eigenvalue weighted by Gasteiger charge is -2.23. The largest absolute Gasteiger partial charge is 0.296 e. The first-order valence-electron chi connectivity index (χ1n) is 5.25. The quantitative estimate of drug-likeness (QED) is 0.744. The molecule has 104 valence electrons. The van der Waals surface area contributed by atoms with Gasteiger partial charge in [-0.3, -0.25) is 4.57 Å². The highest BCUT2D eigenvalue weighted by molar-refractivity contribution is 9.11. The van der Waals surface area contributed by atoms with E-state index in [0.717, 1.165) is 9.35 Å². The number of nitrogens with zero attached hydrogens (tertiary/aromatic N) is 3. The molecule has 0 aliphatic rings. The molecule has 0 aromatic carbocycles. The maximum absolute atomic E-state index is 11.6. The summed E-state index contributed by atoms with van der Waals surface area (Å²) in [6, 6.07) is 1.86. The van der Waals surface area contributed by atoms with Gasteiger partial charge in [0.25, 0.3) is 14.2 Å². The summed E-state index contributed by atoms with van der Waals surface area (Å²) in [5.74, 6) is 0.480. The van der Waals surface area contributed by atoms with E-state index >= 15 is 0 Å². The van der Waals surface area contributed by atoms with E-state index in [2.05, 4.69) is 26.1 Å². The predicted octanol–water partition coefficient (Wildman–Crippen LogP) is 3.45. The van der Waals surface area contributed by atoms with E-state index in [1.165, 1.54) is 15.9 Å². The van der Waals surface area contributed by atoms with Crippen molar-refractivity contribution in [1.82, 2.24) is 14.8 Å². The van der Waals surface area contributed by atoms with Gasteiger partial charge in [-0.25, -0.2) is 8.42 Å². The van der Waals surface area contributed by atoms with Crippen LogP contribution in [-0.2, 0) is 14.6 Å². The van der Waals surface area contributed by atoms with Crippen molar-refractivity contribution in [3.8, 4) is 11.4 Å². The average molecular weight is 385 g/mol. The molecular formula is C10H11BrClN3O2S2. The molecule has 2 heterocycles. The van der Waals surface area contributed by atoms with Crippen molar-refractivity contribution in [3.05, 3.63) is 15.2 Å². The van der Waals surface area contributed by atoms with Crippen LogP contribution in [0.25, 0.3) is 11.4 Å². The van der Waals surface area contributed by atoms with Crippen LogP contribution in [0.2, 0.25) is 0 Å². The van der Waals surface area contributed by atoms with Crippen LogP contribution in [0.1, 0.15) is 20.8 Å². The van der Waals surface area contributed by atoms with E-state index in [4.69, 9.17) is 10.7 Å². The van der Waals surface area contributed by atoms with E-state index in [1.54, 1.807) is 0 Å². The second-order valence-corrected chi connectivity index (χ2v) is 9.64. The topological polar surface area (TPSA) is 64.8 Å². The Kier molecular flexibility index (Phi) is 3.81. The van der Waals surface area contributed by atoms with Crippen LogP contribution in [0.4, 0.5) is 0 Å². The molecule has 9 heteroatoms. The highest BCUT2D eigenvalue weighted by Gasteiger charge is 2.30. The minimum Gasteiger partial charge on any atom is -0.291 e. The van der Waals surface area contributed by atoms with Crippen LogP contribution >= 0.6 is 37.9 Å². The molecule has 2 aromatic heterocycles. The van der Waals surface area contributed by atoms with E-state index in [9.17, 15) is 8.42 Å². The fraction of sp³-hybridized carbons (Fsp3) is 0.400. The van der Waals surface area contributed by atoms with Crippen LogP contribution in [0.3, 0.4) is 0 Å². The standard InChI is InChI=1S/C10H11BrClN3O2S2/c1-10(2,3)15-8(6-4-7(11)18-5-6)13-14-9(15)19(12,16)17/h4-5H,1-3H3. The second kappa shape index (κ2) is 4.83. The van der Waals surface area contributed by atoms with Crippen molar-refractivity contribution < 1.29 is 8.42 Å². The molecule has 0 aliphatic carbocycles. The Morgan fingerprint density at radius 2 is 2.00 bits per heavy atom. The number of aromatic nitrogens is 3. The van der Waals surface area contributed by atoms with Crippen molar-refractivity contribution in [2.75, 3.05) is 0 Å². The predicted molar refractivity (Wildman–Crippen MR) is 79.1 cm³/mol. The summed E-state index contributed by atoms with van der Waals surface area (Å²) in [6.07, 6.45) is 0. The van der Waals surface area contributed by atoms with Gasteiger partial charge in [0, 0.05) is 27.2 Å². The van der Waals surface area contributed by atoms with Crippen LogP contribution < -0.4 is 0 Å². The molecule has 5 nitrogen and oxygen atoms in total. The van der Waals surface area contributed by atoms with Gasteiger partial charge >= 0.3 is 0 Å². The summed E-state index contributed by atoms with van der Waals surface area (Å²) in [7, 11) is 1.47. The molecular weight excluding hydrogens is 374 g/mol. The van der Waals surface area contributed by atoms with Gasteiger partial charge in [-0.1, -0.05) is 0 Å². The first kappa shape index (κ1) is 15.0. The Bertz CT molecular complexity index is 715. The Balaban J connectivity index is 2.74. The molecule has 0 saturated carbocycles. The highest BCUT2D eigenvalue weighted by atomic mass is 79.9. The number of halogens is 2. The first-order chi connectivity index (χ1) is 8.60. The third-order valence-electron chi connectivity index (χ3n) is 2.35. The van der Waals surface area contributed by atoms with Gasteiger partial charge in [-0.15, -0.1) is 21.5 Å². The molecule has 0 amide bonds. The lowest BCUT2D eigenvalue weighted by molar-refractivity contribution is 0.367. The third-order valence-corrected chi connectivity index (χ3v) is 4.97. The maximum Gasteiger partial charge on any atom is 0.296 e. The SMILES string of the molecule is CC(C)(C)n1c(-c2csc(Br)c2)nnc1S(=O)(=O)Cl. The summed E-state index contributed by atoms with van der Waals surface area (Å²) in [6.45, 7) is 5.60. The number of hydrogen-bond donors (Lipinski definition) is 0. The van der Waals surface area contributed by atoms with Gasteiger partial charge in [-0.2, -0.15) is 0 Å². The normalized spacial score (nSPS) is 12.9.